The highest BCUT2D eigenvalue weighted by atomic mass is 35.5. The van der Waals surface area contributed by atoms with Gasteiger partial charge in [0, 0.05) is 22.4 Å². The minimum absolute atomic E-state index is 0.0415. The molecule has 1 aromatic heterocycles. The minimum atomic E-state index is -4.70. The maximum absolute atomic E-state index is 13.4. The molecular weight excluding hydrogens is 351 g/mol. The number of ketones is 1. The molecule has 122 valence electrons. The lowest BCUT2D eigenvalue weighted by Gasteiger charge is -2.16. The summed E-state index contributed by atoms with van der Waals surface area (Å²) in [7, 11) is 0. The van der Waals surface area contributed by atoms with Crippen LogP contribution in [0.3, 0.4) is 0 Å². The van der Waals surface area contributed by atoms with Gasteiger partial charge >= 0.3 is 6.18 Å². The molecule has 8 heteroatoms. The Balaban J connectivity index is 2.08. The van der Waals surface area contributed by atoms with Crippen LogP contribution in [0.15, 0.2) is 27.6 Å². The molecule has 0 bridgehead atoms. The van der Waals surface area contributed by atoms with Crippen molar-refractivity contribution in [3.8, 4) is 0 Å². The minimum Gasteiger partial charge on any atom is -0.360 e. The number of carbonyl (C=O) groups is 1. The number of hydrogen-bond acceptors (Lipinski definition) is 4. The standard InChI is InChI=1S/C15H11ClF3NO2S/c1-23-14-9(16)5-4-8(12(14)15(17,18)19)13(21)10-6-11(22-20-10)7-2-3-7/h4-7H,2-3H2,1H3. The Labute approximate surface area is 139 Å². The molecular formula is C15H11ClF3NO2S. The van der Waals surface area contributed by atoms with Crippen LogP contribution < -0.4 is 0 Å². The number of nitrogens with zero attached hydrogens (tertiary/aromatic N) is 1. The van der Waals surface area contributed by atoms with Gasteiger partial charge in [0.1, 0.15) is 5.76 Å². The van der Waals surface area contributed by atoms with Crippen LogP contribution in [0.25, 0.3) is 0 Å². The van der Waals surface area contributed by atoms with E-state index in [4.69, 9.17) is 16.1 Å². The van der Waals surface area contributed by atoms with Crippen LogP contribution >= 0.6 is 23.4 Å². The zero-order chi connectivity index (χ0) is 16.8. The van der Waals surface area contributed by atoms with Gasteiger partial charge in [0.15, 0.2) is 5.69 Å². The van der Waals surface area contributed by atoms with E-state index in [0.29, 0.717) is 5.76 Å². The van der Waals surface area contributed by atoms with Gasteiger partial charge in [-0.1, -0.05) is 16.8 Å². The number of halogens is 4. The largest absolute Gasteiger partial charge is 0.418 e. The average molecular weight is 362 g/mol. The molecule has 0 aliphatic heterocycles. The van der Waals surface area contributed by atoms with E-state index in [-0.39, 0.29) is 21.5 Å². The van der Waals surface area contributed by atoms with Crippen LogP contribution in [0.1, 0.15) is 46.1 Å². The second-order valence-corrected chi connectivity index (χ2v) is 6.44. The predicted octanol–water partition coefficient (Wildman–Crippen LogP) is 5.18. The molecule has 23 heavy (non-hydrogen) atoms. The van der Waals surface area contributed by atoms with Crippen LogP contribution in [-0.2, 0) is 6.18 Å². The first-order valence-corrected chi connectivity index (χ1v) is 8.38. The zero-order valence-electron chi connectivity index (χ0n) is 11.9. The molecule has 2 aromatic rings. The van der Waals surface area contributed by atoms with Gasteiger partial charge in [-0.05, 0) is 31.2 Å². The van der Waals surface area contributed by atoms with Crippen LogP contribution in [-0.4, -0.2) is 17.2 Å². The van der Waals surface area contributed by atoms with Crippen molar-refractivity contribution in [3.63, 3.8) is 0 Å². The second kappa shape index (κ2) is 5.87. The molecule has 1 aliphatic rings. The summed E-state index contributed by atoms with van der Waals surface area (Å²) in [5.74, 6) is -0.0565. The van der Waals surface area contributed by atoms with Crippen molar-refractivity contribution in [1.29, 1.82) is 0 Å². The molecule has 1 aliphatic carbocycles. The summed E-state index contributed by atoms with van der Waals surface area (Å²) < 4.78 is 45.3. The number of alkyl halides is 3. The quantitative estimate of drug-likeness (QED) is 0.556. The van der Waals surface area contributed by atoms with E-state index in [9.17, 15) is 18.0 Å². The third kappa shape index (κ3) is 3.12. The fourth-order valence-electron chi connectivity index (χ4n) is 2.32. The van der Waals surface area contributed by atoms with Crippen molar-refractivity contribution in [2.45, 2.75) is 29.8 Å². The Morgan fingerprint density at radius 1 is 1.39 bits per heavy atom. The van der Waals surface area contributed by atoms with Crippen LogP contribution in [0.4, 0.5) is 13.2 Å². The van der Waals surface area contributed by atoms with E-state index in [1.54, 1.807) is 0 Å². The first-order valence-electron chi connectivity index (χ1n) is 6.78. The molecule has 0 saturated heterocycles. The summed E-state index contributed by atoms with van der Waals surface area (Å²) in [4.78, 5) is 12.3. The second-order valence-electron chi connectivity index (χ2n) is 5.22. The van der Waals surface area contributed by atoms with Gasteiger partial charge in [-0.3, -0.25) is 4.79 Å². The molecule has 0 N–H and O–H groups in total. The Kier molecular flexibility index (Phi) is 4.18. The Morgan fingerprint density at radius 3 is 2.65 bits per heavy atom. The SMILES string of the molecule is CSc1c(Cl)ccc(C(=O)c2cc(C3CC3)on2)c1C(F)(F)F. The van der Waals surface area contributed by atoms with Gasteiger partial charge in [-0.15, -0.1) is 11.8 Å². The van der Waals surface area contributed by atoms with Crippen molar-refractivity contribution >= 4 is 29.1 Å². The summed E-state index contributed by atoms with van der Waals surface area (Å²) in [5.41, 5.74) is -1.62. The molecule has 3 rings (SSSR count). The van der Waals surface area contributed by atoms with Gasteiger partial charge in [-0.2, -0.15) is 13.2 Å². The van der Waals surface area contributed by atoms with Gasteiger partial charge in [0.2, 0.25) is 5.78 Å². The Hall–Kier alpha value is -1.47. The first kappa shape index (κ1) is 16.4. The monoisotopic (exact) mass is 361 g/mol. The number of carbonyl (C=O) groups excluding carboxylic acids is 1. The Morgan fingerprint density at radius 2 is 2.09 bits per heavy atom. The lowest BCUT2D eigenvalue weighted by atomic mass is 10.0. The highest BCUT2D eigenvalue weighted by Crippen LogP contribution is 2.43. The molecule has 0 amide bonds. The molecule has 1 fully saturated rings. The van der Waals surface area contributed by atoms with Crippen molar-refractivity contribution in [2.75, 3.05) is 6.26 Å². The number of hydrogen-bond donors (Lipinski definition) is 0. The lowest BCUT2D eigenvalue weighted by Crippen LogP contribution is -2.16. The van der Waals surface area contributed by atoms with Crippen molar-refractivity contribution in [3.05, 3.63) is 45.8 Å². The summed E-state index contributed by atoms with van der Waals surface area (Å²) >= 11 is 6.69. The van der Waals surface area contributed by atoms with Crippen molar-refractivity contribution < 1.29 is 22.5 Å². The first-order chi connectivity index (χ1) is 10.8. The van der Waals surface area contributed by atoms with Crippen LogP contribution in [0.5, 0.6) is 0 Å². The van der Waals surface area contributed by atoms with E-state index in [0.717, 1.165) is 30.7 Å². The van der Waals surface area contributed by atoms with Crippen molar-refractivity contribution in [1.82, 2.24) is 5.16 Å². The lowest BCUT2D eigenvalue weighted by molar-refractivity contribution is -0.140. The van der Waals surface area contributed by atoms with E-state index >= 15 is 0 Å². The van der Waals surface area contributed by atoms with Gasteiger partial charge in [0.25, 0.3) is 0 Å². The predicted molar refractivity (Wildman–Crippen MR) is 80.1 cm³/mol. The number of aromatic nitrogens is 1. The molecule has 1 saturated carbocycles. The van der Waals surface area contributed by atoms with Crippen LogP contribution in [0.2, 0.25) is 5.02 Å². The number of thioether (sulfide) groups is 1. The number of benzene rings is 1. The Bertz CT molecular complexity index is 769. The maximum Gasteiger partial charge on any atom is 0.418 e. The molecule has 0 unspecified atom stereocenters. The molecule has 3 nitrogen and oxygen atoms in total. The smallest absolute Gasteiger partial charge is 0.360 e. The summed E-state index contributed by atoms with van der Waals surface area (Å²) in [5, 5.41) is 3.58. The summed E-state index contributed by atoms with van der Waals surface area (Å²) in [6.07, 6.45) is -1.34. The van der Waals surface area contributed by atoms with Gasteiger partial charge < -0.3 is 4.52 Å². The highest BCUT2D eigenvalue weighted by molar-refractivity contribution is 7.98. The van der Waals surface area contributed by atoms with E-state index in [2.05, 4.69) is 5.16 Å². The summed E-state index contributed by atoms with van der Waals surface area (Å²) in [6.45, 7) is 0. The highest BCUT2D eigenvalue weighted by Gasteiger charge is 2.39. The fraction of sp³-hybridized carbons (Fsp3) is 0.333. The van der Waals surface area contributed by atoms with Crippen LogP contribution in [0, 0.1) is 0 Å². The van der Waals surface area contributed by atoms with Gasteiger partial charge in [-0.25, -0.2) is 0 Å². The maximum atomic E-state index is 13.4. The summed E-state index contributed by atoms with van der Waals surface area (Å²) in [6, 6.07) is 3.80. The van der Waals surface area contributed by atoms with Crippen molar-refractivity contribution in [2.24, 2.45) is 0 Å². The molecule has 0 spiro atoms. The topological polar surface area (TPSA) is 43.1 Å². The van der Waals surface area contributed by atoms with E-state index < -0.39 is 23.1 Å². The third-order valence-electron chi connectivity index (χ3n) is 3.58. The normalized spacial score (nSPS) is 15.0. The fourth-order valence-corrected chi connectivity index (χ4v) is 3.40. The van der Waals surface area contributed by atoms with E-state index in [1.807, 2.05) is 0 Å². The molecule has 1 heterocycles. The van der Waals surface area contributed by atoms with Gasteiger partial charge in [0.05, 0.1) is 10.6 Å². The molecule has 1 aromatic carbocycles. The molecule has 0 atom stereocenters. The third-order valence-corrected chi connectivity index (χ3v) is 4.84. The number of rotatable bonds is 4. The molecule has 0 radical (unpaired) electrons. The zero-order valence-corrected chi connectivity index (χ0v) is 13.5. The van der Waals surface area contributed by atoms with E-state index in [1.165, 1.54) is 18.4 Å². The average Bonchev–Trinajstić information content (AvgIpc) is 3.22.